The van der Waals surface area contributed by atoms with Crippen LogP contribution in [0.15, 0.2) is 77.9 Å². The second-order valence-corrected chi connectivity index (χ2v) is 6.35. The molecule has 9 heteroatoms. The molecule has 0 atom stereocenters. The predicted octanol–water partition coefficient (Wildman–Crippen LogP) is 3.69. The summed E-state index contributed by atoms with van der Waals surface area (Å²) in [6, 6.07) is 14.0. The number of benzene rings is 2. The first kappa shape index (κ1) is 18.9. The summed E-state index contributed by atoms with van der Waals surface area (Å²) in [7, 11) is 0. The third-order valence-electron chi connectivity index (χ3n) is 4.43. The van der Waals surface area contributed by atoms with Crippen LogP contribution < -0.4 is 10.7 Å². The number of nitro groups is 1. The Hall–Kier alpha value is -4.40. The Morgan fingerprint density at radius 1 is 1.10 bits per heavy atom. The number of nitro benzene ring substituents is 1. The van der Waals surface area contributed by atoms with E-state index >= 15 is 0 Å². The van der Waals surface area contributed by atoms with E-state index < -0.39 is 22.1 Å². The van der Waals surface area contributed by atoms with Gasteiger partial charge in [-0.15, -0.1) is 0 Å². The van der Waals surface area contributed by atoms with Gasteiger partial charge < -0.3 is 9.88 Å². The number of hydrogen-bond acceptors (Lipinski definition) is 5. The van der Waals surface area contributed by atoms with E-state index in [0.717, 1.165) is 0 Å². The van der Waals surface area contributed by atoms with Crippen molar-refractivity contribution in [2.45, 2.75) is 0 Å². The van der Waals surface area contributed by atoms with Crippen LogP contribution in [0.2, 0.25) is 0 Å². The lowest BCUT2D eigenvalue weighted by molar-refractivity contribution is -0.384. The number of carbonyl (C=O) groups excluding carboxylic acids is 1. The molecule has 1 N–H and O–H groups in total. The maximum absolute atomic E-state index is 13.3. The summed E-state index contributed by atoms with van der Waals surface area (Å²) < 4.78 is 14.8. The Bertz CT molecular complexity index is 1350. The molecule has 0 spiro atoms. The Morgan fingerprint density at radius 3 is 2.60 bits per heavy atom. The molecule has 0 unspecified atom stereocenters. The highest BCUT2D eigenvalue weighted by atomic mass is 19.1. The van der Waals surface area contributed by atoms with Gasteiger partial charge in [-0.2, -0.15) is 0 Å². The van der Waals surface area contributed by atoms with Crippen molar-refractivity contribution in [3.8, 4) is 5.69 Å². The van der Waals surface area contributed by atoms with Crippen LogP contribution in [0.1, 0.15) is 10.4 Å². The van der Waals surface area contributed by atoms with Crippen LogP contribution in [-0.2, 0) is 0 Å². The van der Waals surface area contributed by atoms with E-state index in [4.69, 9.17) is 0 Å². The fourth-order valence-electron chi connectivity index (χ4n) is 3.02. The fraction of sp³-hybridized carbons (Fsp3) is 0. The quantitative estimate of drug-likeness (QED) is 0.412. The molecular weight excluding hydrogens is 391 g/mol. The van der Waals surface area contributed by atoms with Crippen LogP contribution in [0.4, 0.5) is 15.8 Å². The van der Waals surface area contributed by atoms with Gasteiger partial charge in [0.05, 0.1) is 10.3 Å². The van der Waals surface area contributed by atoms with Crippen LogP contribution in [-0.4, -0.2) is 20.4 Å². The van der Waals surface area contributed by atoms with Gasteiger partial charge in [0.15, 0.2) is 0 Å². The van der Waals surface area contributed by atoms with Crippen LogP contribution >= 0.6 is 0 Å². The SMILES string of the molecule is O=C(Nc1cccc([N+](=O)[O-])c1)c1cn(-c2ccc(F)cc2)c2ncccc2c1=O. The van der Waals surface area contributed by atoms with E-state index in [-0.39, 0.29) is 22.3 Å². The molecule has 1 amide bonds. The Morgan fingerprint density at radius 2 is 1.87 bits per heavy atom. The summed E-state index contributed by atoms with van der Waals surface area (Å²) in [5.74, 6) is -1.16. The summed E-state index contributed by atoms with van der Waals surface area (Å²) in [4.78, 5) is 40.3. The number of pyridine rings is 2. The molecule has 8 nitrogen and oxygen atoms in total. The molecule has 0 aliphatic heterocycles. The fourth-order valence-corrected chi connectivity index (χ4v) is 3.02. The van der Waals surface area contributed by atoms with E-state index in [1.54, 1.807) is 6.07 Å². The maximum atomic E-state index is 13.3. The number of non-ortho nitro benzene ring substituents is 1. The molecule has 4 aromatic rings. The van der Waals surface area contributed by atoms with Gasteiger partial charge in [-0.25, -0.2) is 9.37 Å². The molecule has 2 aromatic carbocycles. The van der Waals surface area contributed by atoms with Crippen molar-refractivity contribution < 1.29 is 14.1 Å². The summed E-state index contributed by atoms with van der Waals surface area (Å²) in [5.41, 5.74) is 0.0590. The molecular formula is C21H13FN4O4. The van der Waals surface area contributed by atoms with Crippen molar-refractivity contribution in [1.29, 1.82) is 0 Å². The van der Waals surface area contributed by atoms with Crippen molar-refractivity contribution >= 4 is 28.3 Å². The molecule has 0 fully saturated rings. The lowest BCUT2D eigenvalue weighted by atomic mass is 10.1. The Kier molecular flexibility index (Phi) is 4.77. The molecule has 0 radical (unpaired) electrons. The summed E-state index contributed by atoms with van der Waals surface area (Å²) >= 11 is 0. The summed E-state index contributed by atoms with van der Waals surface area (Å²) in [6.45, 7) is 0. The van der Waals surface area contributed by atoms with Gasteiger partial charge in [0, 0.05) is 35.9 Å². The summed E-state index contributed by atoms with van der Waals surface area (Å²) in [5, 5.41) is 13.7. The van der Waals surface area contributed by atoms with Gasteiger partial charge in [-0.1, -0.05) is 6.07 Å². The molecule has 0 aliphatic carbocycles. The number of amides is 1. The number of aromatic nitrogens is 2. The number of nitrogens with one attached hydrogen (secondary N) is 1. The van der Waals surface area contributed by atoms with Crippen LogP contribution in [0.25, 0.3) is 16.7 Å². The first-order valence-corrected chi connectivity index (χ1v) is 8.76. The van der Waals surface area contributed by atoms with Gasteiger partial charge in [0.1, 0.15) is 17.0 Å². The predicted molar refractivity (Wildman–Crippen MR) is 108 cm³/mol. The molecule has 0 saturated carbocycles. The molecule has 2 heterocycles. The van der Waals surface area contributed by atoms with E-state index in [1.807, 2.05) is 0 Å². The van der Waals surface area contributed by atoms with Gasteiger partial charge in [-0.3, -0.25) is 19.7 Å². The zero-order valence-electron chi connectivity index (χ0n) is 15.3. The minimum absolute atomic E-state index is 0.174. The van der Waals surface area contributed by atoms with Crippen molar-refractivity contribution in [2.75, 3.05) is 5.32 Å². The lowest BCUT2D eigenvalue weighted by Crippen LogP contribution is -2.24. The normalized spacial score (nSPS) is 10.7. The first-order chi connectivity index (χ1) is 14.4. The third kappa shape index (κ3) is 3.51. The maximum Gasteiger partial charge on any atom is 0.271 e. The van der Waals surface area contributed by atoms with Crippen molar-refractivity contribution in [3.63, 3.8) is 0 Å². The standard InChI is InChI=1S/C21H13FN4O4/c22-13-6-8-15(9-7-13)25-12-18(19(27)17-5-2-10-23-20(17)25)21(28)24-14-3-1-4-16(11-14)26(29)30/h1-12H,(H,24,28). The highest BCUT2D eigenvalue weighted by Crippen LogP contribution is 2.19. The van der Waals surface area contributed by atoms with Crippen LogP contribution in [0.3, 0.4) is 0 Å². The zero-order valence-corrected chi connectivity index (χ0v) is 15.3. The monoisotopic (exact) mass is 404 g/mol. The van der Waals surface area contributed by atoms with E-state index in [0.29, 0.717) is 11.3 Å². The highest BCUT2D eigenvalue weighted by molar-refractivity contribution is 6.05. The van der Waals surface area contributed by atoms with Crippen molar-refractivity contribution in [3.05, 3.63) is 105 Å². The average molecular weight is 404 g/mol. The minimum Gasteiger partial charge on any atom is -0.322 e. The third-order valence-corrected chi connectivity index (χ3v) is 4.43. The molecule has 4 rings (SSSR count). The number of fused-ring (bicyclic) bond motifs is 1. The average Bonchev–Trinajstić information content (AvgIpc) is 2.75. The number of carbonyl (C=O) groups is 1. The highest BCUT2D eigenvalue weighted by Gasteiger charge is 2.18. The smallest absolute Gasteiger partial charge is 0.271 e. The number of halogens is 1. The Labute approximate surface area is 168 Å². The zero-order chi connectivity index (χ0) is 21.3. The van der Waals surface area contributed by atoms with Gasteiger partial charge in [-0.05, 0) is 42.5 Å². The number of hydrogen-bond donors (Lipinski definition) is 1. The molecule has 148 valence electrons. The lowest BCUT2D eigenvalue weighted by Gasteiger charge is -2.13. The summed E-state index contributed by atoms with van der Waals surface area (Å²) in [6.07, 6.45) is 2.82. The van der Waals surface area contributed by atoms with E-state index in [2.05, 4.69) is 10.3 Å². The van der Waals surface area contributed by atoms with E-state index in [9.17, 15) is 24.1 Å². The van der Waals surface area contributed by atoms with Crippen molar-refractivity contribution in [2.24, 2.45) is 0 Å². The second-order valence-electron chi connectivity index (χ2n) is 6.35. The van der Waals surface area contributed by atoms with E-state index in [1.165, 1.54) is 71.6 Å². The van der Waals surface area contributed by atoms with Crippen molar-refractivity contribution in [1.82, 2.24) is 9.55 Å². The molecule has 0 bridgehead atoms. The largest absolute Gasteiger partial charge is 0.322 e. The van der Waals surface area contributed by atoms with Gasteiger partial charge in [0.25, 0.3) is 11.6 Å². The molecule has 0 aliphatic rings. The van der Waals surface area contributed by atoms with Gasteiger partial charge in [0.2, 0.25) is 5.43 Å². The first-order valence-electron chi connectivity index (χ1n) is 8.76. The van der Waals surface area contributed by atoms with Gasteiger partial charge >= 0.3 is 0 Å². The Balaban J connectivity index is 1.83. The molecule has 30 heavy (non-hydrogen) atoms. The number of nitrogens with zero attached hydrogens (tertiary/aromatic N) is 3. The van der Waals surface area contributed by atoms with Crippen LogP contribution in [0.5, 0.6) is 0 Å². The second kappa shape index (κ2) is 7.55. The van der Waals surface area contributed by atoms with Crippen LogP contribution in [0, 0.1) is 15.9 Å². The number of anilines is 1. The topological polar surface area (TPSA) is 107 Å². The molecule has 0 saturated heterocycles. The minimum atomic E-state index is -0.734. The number of rotatable bonds is 4. The molecule has 2 aromatic heterocycles.